The first-order valence-electron chi connectivity index (χ1n) is 3.99. The lowest BCUT2D eigenvalue weighted by atomic mass is 9.61. The summed E-state index contributed by atoms with van der Waals surface area (Å²) in [6.45, 7) is 0. The lowest BCUT2D eigenvalue weighted by Crippen LogP contribution is -2.43. The van der Waals surface area contributed by atoms with Gasteiger partial charge in [-0.05, 0) is 31.1 Å². The first-order valence-corrected chi connectivity index (χ1v) is 3.99. The maximum atomic E-state index is 9.95. The van der Waals surface area contributed by atoms with Gasteiger partial charge in [0.05, 0.1) is 6.04 Å². The van der Waals surface area contributed by atoms with Crippen LogP contribution in [0.15, 0.2) is 4.99 Å². The molecule has 0 radical (unpaired) electrons. The first kappa shape index (κ1) is 6.11. The molecule has 3 aliphatic rings. The van der Waals surface area contributed by atoms with Gasteiger partial charge in [-0.2, -0.15) is 0 Å². The lowest BCUT2D eigenvalue weighted by Gasteiger charge is -2.46. The molecule has 0 saturated heterocycles. The molecule has 2 bridgehead atoms. The Hall–Kier alpha value is -0.620. The van der Waals surface area contributed by atoms with Crippen LogP contribution in [-0.4, -0.2) is 12.1 Å². The van der Waals surface area contributed by atoms with E-state index in [0.29, 0.717) is 6.04 Å². The summed E-state index contributed by atoms with van der Waals surface area (Å²) in [5.41, 5.74) is 0. The topological polar surface area (TPSA) is 29.4 Å². The number of fused-ring (bicyclic) bond motifs is 2. The van der Waals surface area contributed by atoms with Crippen LogP contribution in [0.2, 0.25) is 0 Å². The summed E-state index contributed by atoms with van der Waals surface area (Å²) >= 11 is 0. The van der Waals surface area contributed by atoms with E-state index in [0.717, 1.165) is 11.8 Å². The minimum atomic E-state index is 0.367. The molecule has 3 rings (SSSR count). The van der Waals surface area contributed by atoms with Crippen molar-refractivity contribution in [1.29, 1.82) is 0 Å². The zero-order chi connectivity index (χ0) is 6.97. The highest BCUT2D eigenvalue weighted by Gasteiger charge is 2.43. The summed E-state index contributed by atoms with van der Waals surface area (Å²) in [6, 6.07) is 0.367. The molecule has 0 N–H and O–H groups in total. The van der Waals surface area contributed by atoms with Crippen LogP contribution in [-0.2, 0) is 4.79 Å². The third-order valence-corrected chi connectivity index (χ3v) is 2.92. The first-order chi connectivity index (χ1) is 4.92. The van der Waals surface area contributed by atoms with Crippen LogP contribution in [0, 0.1) is 11.8 Å². The largest absolute Gasteiger partial charge is 0.235 e. The molecule has 10 heavy (non-hydrogen) atoms. The Balaban J connectivity index is 2.05. The Labute approximate surface area is 60.3 Å². The molecule has 0 spiro atoms. The van der Waals surface area contributed by atoms with E-state index in [-0.39, 0.29) is 0 Å². The molecule has 3 saturated carbocycles. The Bertz CT molecular complexity index is 170. The van der Waals surface area contributed by atoms with Crippen LogP contribution in [0.25, 0.3) is 0 Å². The van der Waals surface area contributed by atoms with Gasteiger partial charge in [0.25, 0.3) is 0 Å². The second-order valence-electron chi connectivity index (χ2n) is 3.40. The van der Waals surface area contributed by atoms with Crippen LogP contribution in [0.3, 0.4) is 0 Å². The van der Waals surface area contributed by atoms with Crippen molar-refractivity contribution in [3.63, 3.8) is 0 Å². The van der Waals surface area contributed by atoms with E-state index in [1.54, 1.807) is 6.08 Å². The van der Waals surface area contributed by atoms with E-state index >= 15 is 0 Å². The highest BCUT2D eigenvalue weighted by Crippen LogP contribution is 2.47. The van der Waals surface area contributed by atoms with Crippen LogP contribution < -0.4 is 0 Å². The second kappa shape index (κ2) is 2.21. The maximum absolute atomic E-state index is 9.95. The monoisotopic (exact) mass is 137 g/mol. The van der Waals surface area contributed by atoms with Gasteiger partial charge in [-0.15, -0.1) is 0 Å². The zero-order valence-corrected chi connectivity index (χ0v) is 5.92. The Kier molecular flexibility index (Phi) is 1.35. The number of carbonyl (C=O) groups excluding carboxylic acids is 1. The number of nitrogens with zero attached hydrogens (tertiary/aromatic N) is 1. The number of aliphatic imine (C=N–C) groups is 1. The van der Waals surface area contributed by atoms with Crippen LogP contribution in [0.5, 0.6) is 0 Å². The summed E-state index contributed by atoms with van der Waals surface area (Å²) in [5, 5.41) is 0. The van der Waals surface area contributed by atoms with E-state index in [1.807, 2.05) is 0 Å². The van der Waals surface area contributed by atoms with Gasteiger partial charge in [-0.25, -0.2) is 9.79 Å². The van der Waals surface area contributed by atoms with Crippen molar-refractivity contribution in [1.82, 2.24) is 0 Å². The van der Waals surface area contributed by atoms with Crippen LogP contribution in [0.4, 0.5) is 0 Å². The fourth-order valence-corrected chi connectivity index (χ4v) is 2.35. The molecule has 3 fully saturated rings. The van der Waals surface area contributed by atoms with Crippen molar-refractivity contribution in [2.24, 2.45) is 16.8 Å². The Morgan fingerprint density at radius 3 is 2.50 bits per heavy atom. The molecule has 0 aromatic carbocycles. The van der Waals surface area contributed by atoms with Crippen molar-refractivity contribution in [2.45, 2.75) is 31.7 Å². The van der Waals surface area contributed by atoms with E-state index in [1.165, 1.54) is 25.7 Å². The summed E-state index contributed by atoms with van der Waals surface area (Å²) in [6.07, 6.45) is 6.90. The Morgan fingerprint density at radius 2 is 2.00 bits per heavy atom. The average Bonchev–Trinajstić information content (AvgIpc) is 2.01. The summed E-state index contributed by atoms with van der Waals surface area (Å²) < 4.78 is 0. The fourth-order valence-electron chi connectivity index (χ4n) is 2.35. The minimum absolute atomic E-state index is 0.367. The third kappa shape index (κ3) is 0.723. The molecule has 0 amide bonds. The predicted molar refractivity (Wildman–Crippen MR) is 37.4 cm³/mol. The van der Waals surface area contributed by atoms with Crippen molar-refractivity contribution < 1.29 is 4.79 Å². The van der Waals surface area contributed by atoms with Gasteiger partial charge in [0, 0.05) is 0 Å². The molecular weight excluding hydrogens is 126 g/mol. The van der Waals surface area contributed by atoms with Gasteiger partial charge in [0.2, 0.25) is 6.08 Å². The summed E-state index contributed by atoms with van der Waals surface area (Å²) in [5.74, 6) is 1.47. The van der Waals surface area contributed by atoms with Gasteiger partial charge in [-0.3, -0.25) is 0 Å². The van der Waals surface area contributed by atoms with Crippen molar-refractivity contribution in [2.75, 3.05) is 0 Å². The van der Waals surface area contributed by atoms with Crippen molar-refractivity contribution in [3.05, 3.63) is 0 Å². The standard InChI is InChI=1S/C8H11NO/c10-5-9-8-6-2-1-3-7(8)4-6/h6-8H,1-4H2. The van der Waals surface area contributed by atoms with Crippen molar-refractivity contribution in [3.8, 4) is 0 Å². The smallest absolute Gasteiger partial charge is 0.211 e. The fraction of sp³-hybridized carbons (Fsp3) is 0.875. The quantitative estimate of drug-likeness (QED) is 0.398. The lowest BCUT2D eigenvalue weighted by molar-refractivity contribution is 0.0786. The number of isocyanates is 1. The molecule has 54 valence electrons. The van der Waals surface area contributed by atoms with Gasteiger partial charge < -0.3 is 0 Å². The minimum Gasteiger partial charge on any atom is -0.211 e. The molecule has 2 nitrogen and oxygen atoms in total. The number of hydrogen-bond acceptors (Lipinski definition) is 2. The van der Waals surface area contributed by atoms with Crippen LogP contribution in [0.1, 0.15) is 25.7 Å². The Morgan fingerprint density at radius 1 is 1.30 bits per heavy atom. The van der Waals surface area contributed by atoms with E-state index < -0.39 is 0 Å². The van der Waals surface area contributed by atoms with Crippen molar-refractivity contribution >= 4 is 6.08 Å². The molecule has 0 aromatic rings. The number of hydrogen-bond donors (Lipinski definition) is 0. The third-order valence-electron chi connectivity index (χ3n) is 2.92. The molecule has 0 aliphatic heterocycles. The second-order valence-corrected chi connectivity index (χ2v) is 3.40. The molecule has 0 aromatic heterocycles. The highest BCUT2D eigenvalue weighted by atomic mass is 16.1. The normalized spacial score (nSPS) is 43.4. The van der Waals surface area contributed by atoms with Gasteiger partial charge in [-0.1, -0.05) is 6.42 Å². The predicted octanol–water partition coefficient (Wildman–Crippen LogP) is 1.51. The molecule has 2 unspecified atom stereocenters. The molecule has 3 aliphatic carbocycles. The van der Waals surface area contributed by atoms with E-state index in [4.69, 9.17) is 0 Å². The summed E-state index contributed by atoms with van der Waals surface area (Å²) in [7, 11) is 0. The maximum Gasteiger partial charge on any atom is 0.235 e. The van der Waals surface area contributed by atoms with Crippen LogP contribution >= 0.6 is 0 Å². The molecular formula is C8H11NO. The van der Waals surface area contributed by atoms with Gasteiger partial charge in [0.1, 0.15) is 0 Å². The van der Waals surface area contributed by atoms with Gasteiger partial charge in [0.15, 0.2) is 0 Å². The molecule has 2 atom stereocenters. The zero-order valence-electron chi connectivity index (χ0n) is 5.92. The number of rotatable bonds is 1. The summed E-state index contributed by atoms with van der Waals surface area (Å²) in [4.78, 5) is 13.8. The SMILES string of the molecule is O=C=NC1C2CCCC1C2. The van der Waals surface area contributed by atoms with E-state index in [9.17, 15) is 4.79 Å². The van der Waals surface area contributed by atoms with Gasteiger partial charge >= 0.3 is 0 Å². The molecule has 2 heteroatoms. The average molecular weight is 137 g/mol. The molecule has 0 heterocycles. The van der Waals surface area contributed by atoms with E-state index in [2.05, 4.69) is 4.99 Å². The highest BCUT2D eigenvalue weighted by molar-refractivity contribution is 5.34.